The number of ketones is 1. The topological polar surface area (TPSA) is 47.3 Å². The van der Waals surface area contributed by atoms with E-state index < -0.39 is 11.0 Å². The van der Waals surface area contributed by atoms with E-state index in [2.05, 4.69) is 0 Å². The largest absolute Gasteiger partial charge is 0.453 e. The molecule has 0 spiro atoms. The van der Waals surface area contributed by atoms with Crippen LogP contribution in [-0.2, 0) is 4.79 Å². The van der Waals surface area contributed by atoms with E-state index in [4.69, 9.17) is 16.0 Å². The lowest BCUT2D eigenvalue weighted by Crippen LogP contribution is -2.05. The highest BCUT2D eigenvalue weighted by Gasteiger charge is 2.16. The minimum Gasteiger partial charge on any atom is -0.453 e. The number of halogens is 1. The van der Waals surface area contributed by atoms with E-state index in [1.807, 2.05) is 6.92 Å². The Morgan fingerprint density at radius 3 is 2.69 bits per heavy atom. The molecule has 0 N–H and O–H groups in total. The van der Waals surface area contributed by atoms with Gasteiger partial charge in [-0.05, 0) is 36.7 Å². The zero-order chi connectivity index (χ0) is 9.84. The summed E-state index contributed by atoms with van der Waals surface area (Å²) in [6, 6.07) is 3.00. The number of Topliss-reactive ketones (excluding diaryl/α,β-unsaturated/α-hetero) is 1. The average molecular weight is 199 g/mol. The molecule has 0 fully saturated rings. The Morgan fingerprint density at radius 2 is 2.15 bits per heavy atom. The standard InChI is InChI=1S/C9H7ClO3/c1-2-3-6-4-5-7(13-6)8(11)9(10)12/h2-5H,1H3/b3-2+. The summed E-state index contributed by atoms with van der Waals surface area (Å²) in [5.74, 6) is -0.339. The molecule has 13 heavy (non-hydrogen) atoms. The molecule has 0 aliphatic heterocycles. The summed E-state index contributed by atoms with van der Waals surface area (Å²) in [7, 11) is 0. The second-order valence-electron chi connectivity index (χ2n) is 2.30. The molecule has 68 valence electrons. The summed E-state index contributed by atoms with van der Waals surface area (Å²) in [5, 5.41) is -1.04. The van der Waals surface area contributed by atoms with Gasteiger partial charge in [-0.1, -0.05) is 6.08 Å². The van der Waals surface area contributed by atoms with Crippen LogP contribution in [-0.4, -0.2) is 11.0 Å². The third kappa shape index (κ3) is 2.29. The molecule has 1 heterocycles. The number of hydrogen-bond acceptors (Lipinski definition) is 3. The molecule has 0 aromatic carbocycles. The Balaban J connectivity index is 2.92. The maximum absolute atomic E-state index is 11.0. The van der Waals surface area contributed by atoms with E-state index >= 15 is 0 Å². The highest BCUT2D eigenvalue weighted by atomic mass is 35.5. The van der Waals surface area contributed by atoms with Crippen LogP contribution in [0.2, 0.25) is 0 Å². The van der Waals surface area contributed by atoms with Crippen LogP contribution in [0.3, 0.4) is 0 Å². The SMILES string of the molecule is C/C=C/c1ccc(C(=O)C(=O)Cl)o1. The molecule has 0 atom stereocenters. The second kappa shape index (κ2) is 4.05. The van der Waals surface area contributed by atoms with Crippen molar-refractivity contribution in [2.75, 3.05) is 0 Å². The fourth-order valence-electron chi connectivity index (χ4n) is 0.826. The summed E-state index contributed by atoms with van der Waals surface area (Å²) in [6.07, 6.45) is 3.44. The molecular weight excluding hydrogens is 192 g/mol. The predicted molar refractivity (Wildman–Crippen MR) is 48.6 cm³/mol. The van der Waals surface area contributed by atoms with E-state index in [9.17, 15) is 9.59 Å². The Kier molecular flexibility index (Phi) is 3.03. The van der Waals surface area contributed by atoms with Crippen molar-refractivity contribution in [2.24, 2.45) is 0 Å². The van der Waals surface area contributed by atoms with Crippen molar-refractivity contribution in [3.05, 3.63) is 29.7 Å². The Hall–Kier alpha value is -1.35. The predicted octanol–water partition coefficient (Wildman–Crippen LogP) is 2.26. The number of hydrogen-bond donors (Lipinski definition) is 0. The second-order valence-corrected chi connectivity index (χ2v) is 2.65. The number of furan rings is 1. The van der Waals surface area contributed by atoms with E-state index in [1.165, 1.54) is 6.07 Å². The molecule has 0 radical (unpaired) electrons. The Labute approximate surface area is 80.0 Å². The van der Waals surface area contributed by atoms with Crippen LogP contribution in [0, 0.1) is 0 Å². The molecule has 0 saturated heterocycles. The first kappa shape index (κ1) is 9.74. The van der Waals surface area contributed by atoms with Crippen molar-refractivity contribution >= 4 is 28.7 Å². The van der Waals surface area contributed by atoms with Crippen molar-refractivity contribution in [2.45, 2.75) is 6.92 Å². The molecule has 0 unspecified atom stereocenters. The zero-order valence-electron chi connectivity index (χ0n) is 6.91. The molecule has 0 saturated carbocycles. The zero-order valence-corrected chi connectivity index (χ0v) is 7.67. The van der Waals surface area contributed by atoms with Crippen molar-refractivity contribution in [3.8, 4) is 0 Å². The molecule has 3 nitrogen and oxygen atoms in total. The lowest BCUT2D eigenvalue weighted by Gasteiger charge is -1.87. The van der Waals surface area contributed by atoms with Gasteiger partial charge < -0.3 is 4.42 Å². The van der Waals surface area contributed by atoms with Crippen molar-refractivity contribution in [3.63, 3.8) is 0 Å². The molecule has 4 heteroatoms. The highest BCUT2D eigenvalue weighted by Crippen LogP contribution is 2.11. The van der Waals surface area contributed by atoms with Crippen molar-refractivity contribution in [1.29, 1.82) is 0 Å². The molecule has 1 aromatic rings. The normalized spacial score (nSPS) is 10.6. The van der Waals surface area contributed by atoms with Crippen LogP contribution in [0.5, 0.6) is 0 Å². The highest BCUT2D eigenvalue weighted by molar-refractivity contribution is 6.82. The monoisotopic (exact) mass is 198 g/mol. The van der Waals surface area contributed by atoms with Crippen LogP contribution in [0.1, 0.15) is 23.2 Å². The third-order valence-corrected chi connectivity index (χ3v) is 1.53. The Bertz CT molecular complexity index is 363. The first-order chi connectivity index (χ1) is 6.15. The molecule has 0 aliphatic carbocycles. The fourth-order valence-corrected chi connectivity index (χ4v) is 0.919. The van der Waals surface area contributed by atoms with Gasteiger partial charge in [0.15, 0.2) is 5.76 Å². The van der Waals surface area contributed by atoms with E-state index in [-0.39, 0.29) is 5.76 Å². The van der Waals surface area contributed by atoms with Crippen LogP contribution >= 0.6 is 11.6 Å². The van der Waals surface area contributed by atoms with E-state index in [0.29, 0.717) is 5.76 Å². The summed E-state index contributed by atoms with van der Waals surface area (Å²) in [6.45, 7) is 1.82. The van der Waals surface area contributed by atoms with Crippen molar-refractivity contribution < 1.29 is 14.0 Å². The minimum absolute atomic E-state index is 0.0342. The van der Waals surface area contributed by atoms with Crippen LogP contribution < -0.4 is 0 Å². The van der Waals surface area contributed by atoms with Gasteiger partial charge in [-0.3, -0.25) is 9.59 Å². The van der Waals surface area contributed by atoms with Gasteiger partial charge in [0.25, 0.3) is 11.0 Å². The average Bonchev–Trinajstić information content (AvgIpc) is 2.52. The summed E-state index contributed by atoms with van der Waals surface area (Å²) >= 11 is 4.98. The number of allylic oxidation sites excluding steroid dienone is 1. The van der Waals surface area contributed by atoms with Crippen LogP contribution in [0.15, 0.2) is 22.6 Å². The van der Waals surface area contributed by atoms with Gasteiger partial charge in [-0.25, -0.2) is 0 Å². The molecule has 1 rings (SSSR count). The third-order valence-electron chi connectivity index (χ3n) is 1.36. The minimum atomic E-state index is -1.04. The first-order valence-corrected chi connectivity index (χ1v) is 3.99. The molecule has 0 bridgehead atoms. The van der Waals surface area contributed by atoms with Gasteiger partial charge in [0.2, 0.25) is 0 Å². The summed E-state index contributed by atoms with van der Waals surface area (Å²) in [4.78, 5) is 21.4. The first-order valence-electron chi connectivity index (χ1n) is 3.62. The van der Waals surface area contributed by atoms with Gasteiger partial charge in [0.05, 0.1) is 0 Å². The van der Waals surface area contributed by atoms with Crippen LogP contribution in [0.25, 0.3) is 6.08 Å². The number of rotatable bonds is 3. The van der Waals surface area contributed by atoms with Gasteiger partial charge >= 0.3 is 0 Å². The molecule has 0 aliphatic rings. The maximum atomic E-state index is 11.0. The lowest BCUT2D eigenvalue weighted by atomic mass is 10.3. The smallest absolute Gasteiger partial charge is 0.296 e. The maximum Gasteiger partial charge on any atom is 0.296 e. The Morgan fingerprint density at radius 1 is 1.46 bits per heavy atom. The van der Waals surface area contributed by atoms with Gasteiger partial charge in [0, 0.05) is 0 Å². The van der Waals surface area contributed by atoms with Gasteiger partial charge in [-0.15, -0.1) is 0 Å². The number of carbonyl (C=O) groups is 2. The quantitative estimate of drug-likeness (QED) is 0.425. The summed E-state index contributed by atoms with van der Waals surface area (Å²) < 4.78 is 5.01. The van der Waals surface area contributed by atoms with E-state index in [0.717, 1.165) is 0 Å². The lowest BCUT2D eigenvalue weighted by molar-refractivity contribution is -0.108. The van der Waals surface area contributed by atoms with Gasteiger partial charge in [-0.2, -0.15) is 0 Å². The molecular formula is C9H7ClO3. The summed E-state index contributed by atoms with van der Waals surface area (Å²) in [5.41, 5.74) is 0. The molecule has 1 aromatic heterocycles. The van der Waals surface area contributed by atoms with Gasteiger partial charge in [0.1, 0.15) is 5.76 Å². The number of carbonyl (C=O) groups excluding carboxylic acids is 2. The van der Waals surface area contributed by atoms with E-state index in [1.54, 1.807) is 18.2 Å². The van der Waals surface area contributed by atoms with Crippen LogP contribution in [0.4, 0.5) is 0 Å². The van der Waals surface area contributed by atoms with Crippen molar-refractivity contribution in [1.82, 2.24) is 0 Å². The fraction of sp³-hybridized carbons (Fsp3) is 0.111. The molecule has 0 amide bonds.